The molecule has 0 aliphatic heterocycles. The first-order chi connectivity index (χ1) is 6.83. The minimum atomic E-state index is -0.358. The third kappa shape index (κ3) is 3.94. The zero-order valence-electron chi connectivity index (χ0n) is 7.84. The molecule has 1 rings (SSSR count). The first-order valence-corrected chi connectivity index (χ1v) is 4.32. The maximum atomic E-state index is 8.12. The highest BCUT2D eigenvalue weighted by atomic mass is 16.5. The van der Waals surface area contributed by atoms with Crippen molar-refractivity contribution in [2.24, 2.45) is 5.11 Å². The van der Waals surface area contributed by atoms with E-state index in [2.05, 4.69) is 16.9 Å². The van der Waals surface area contributed by atoms with E-state index in [1.54, 1.807) is 0 Å². The van der Waals surface area contributed by atoms with Crippen molar-refractivity contribution in [2.75, 3.05) is 6.61 Å². The van der Waals surface area contributed by atoms with E-state index in [9.17, 15) is 0 Å². The van der Waals surface area contributed by atoms with Crippen LogP contribution in [0.5, 0.6) is 0 Å². The minimum Gasteiger partial charge on any atom is -0.376 e. The van der Waals surface area contributed by atoms with E-state index in [1.807, 2.05) is 30.3 Å². The molecule has 0 fully saturated rings. The lowest BCUT2D eigenvalue weighted by Gasteiger charge is -2.05. The maximum Gasteiger partial charge on any atom is 0.0717 e. The summed E-state index contributed by atoms with van der Waals surface area (Å²) in [5.41, 5.74) is 9.21. The Kier molecular flexibility index (Phi) is 4.55. The first-order valence-electron chi connectivity index (χ1n) is 4.32. The smallest absolute Gasteiger partial charge is 0.0717 e. The summed E-state index contributed by atoms with van der Waals surface area (Å²) in [5, 5.41) is 3.40. The number of hydrogen-bond donors (Lipinski definition) is 0. The van der Waals surface area contributed by atoms with Gasteiger partial charge in [-0.3, -0.25) is 0 Å². The Bertz CT molecular complexity index is 306. The molecule has 1 radical (unpaired) electrons. The molecule has 1 aromatic carbocycles. The van der Waals surface area contributed by atoms with Gasteiger partial charge in [-0.2, -0.15) is 0 Å². The van der Waals surface area contributed by atoms with E-state index >= 15 is 0 Å². The molecule has 0 unspecified atom stereocenters. The molecule has 4 nitrogen and oxygen atoms in total. The molecular weight excluding hydrogens is 178 g/mol. The summed E-state index contributed by atoms with van der Waals surface area (Å²) < 4.78 is 5.31. The van der Waals surface area contributed by atoms with Gasteiger partial charge in [0, 0.05) is 4.91 Å². The monoisotopic (exact) mass is 190 g/mol. The van der Waals surface area contributed by atoms with Crippen molar-refractivity contribution < 1.29 is 4.74 Å². The van der Waals surface area contributed by atoms with Gasteiger partial charge >= 0.3 is 0 Å². The fourth-order valence-electron chi connectivity index (χ4n) is 0.993. The minimum absolute atomic E-state index is 0.346. The SMILES string of the molecule is [CH2][C@@H](COCc1ccccc1)N=[N+]=[N-]. The highest BCUT2D eigenvalue weighted by molar-refractivity contribution is 5.13. The van der Waals surface area contributed by atoms with Crippen molar-refractivity contribution in [3.63, 3.8) is 0 Å². The van der Waals surface area contributed by atoms with Gasteiger partial charge in [-0.25, -0.2) is 0 Å². The zero-order valence-corrected chi connectivity index (χ0v) is 7.84. The van der Waals surface area contributed by atoms with E-state index in [-0.39, 0.29) is 6.04 Å². The predicted molar refractivity (Wildman–Crippen MR) is 54.4 cm³/mol. The van der Waals surface area contributed by atoms with Crippen molar-refractivity contribution in [2.45, 2.75) is 12.6 Å². The van der Waals surface area contributed by atoms with Crippen LogP contribution >= 0.6 is 0 Å². The second-order valence-corrected chi connectivity index (χ2v) is 2.86. The van der Waals surface area contributed by atoms with Crippen LogP contribution in [0.15, 0.2) is 35.4 Å². The van der Waals surface area contributed by atoms with Crippen molar-refractivity contribution in [1.29, 1.82) is 0 Å². The highest BCUT2D eigenvalue weighted by Crippen LogP contribution is 2.01. The Morgan fingerprint density at radius 3 is 2.79 bits per heavy atom. The summed E-state index contributed by atoms with van der Waals surface area (Å²) >= 11 is 0. The molecule has 0 aliphatic carbocycles. The number of azide groups is 1. The fourth-order valence-corrected chi connectivity index (χ4v) is 0.993. The summed E-state index contributed by atoms with van der Waals surface area (Å²) in [6, 6.07) is 9.45. The van der Waals surface area contributed by atoms with Crippen molar-refractivity contribution in [3.8, 4) is 0 Å². The molecule has 14 heavy (non-hydrogen) atoms. The molecule has 0 amide bonds. The van der Waals surface area contributed by atoms with E-state index < -0.39 is 0 Å². The fraction of sp³-hybridized carbons (Fsp3) is 0.300. The normalized spacial score (nSPS) is 11.8. The van der Waals surface area contributed by atoms with Gasteiger partial charge in [-0.05, 0) is 18.0 Å². The quantitative estimate of drug-likeness (QED) is 0.400. The molecule has 0 bridgehead atoms. The molecule has 0 spiro atoms. The van der Waals surface area contributed by atoms with E-state index in [1.165, 1.54) is 0 Å². The highest BCUT2D eigenvalue weighted by Gasteiger charge is 1.98. The van der Waals surface area contributed by atoms with Crippen LogP contribution < -0.4 is 0 Å². The van der Waals surface area contributed by atoms with Gasteiger partial charge in [0.2, 0.25) is 0 Å². The third-order valence-electron chi connectivity index (χ3n) is 1.64. The number of benzene rings is 1. The summed E-state index contributed by atoms with van der Waals surface area (Å²) in [5.74, 6) is 0. The molecule has 0 heterocycles. The molecule has 0 saturated heterocycles. The number of nitrogens with zero attached hydrogens (tertiary/aromatic N) is 3. The molecule has 0 saturated carbocycles. The van der Waals surface area contributed by atoms with Crippen LogP contribution in [0.4, 0.5) is 0 Å². The number of rotatable bonds is 5. The van der Waals surface area contributed by atoms with Gasteiger partial charge in [-0.15, -0.1) is 0 Å². The van der Waals surface area contributed by atoms with Crippen LogP contribution in [0.25, 0.3) is 10.4 Å². The van der Waals surface area contributed by atoms with Crippen LogP contribution in [0.1, 0.15) is 5.56 Å². The van der Waals surface area contributed by atoms with E-state index in [0.717, 1.165) is 5.56 Å². The Morgan fingerprint density at radius 2 is 2.14 bits per heavy atom. The molecule has 1 atom stereocenters. The average molecular weight is 190 g/mol. The van der Waals surface area contributed by atoms with Crippen molar-refractivity contribution in [3.05, 3.63) is 53.3 Å². The van der Waals surface area contributed by atoms with E-state index in [4.69, 9.17) is 10.3 Å². The van der Waals surface area contributed by atoms with Crippen LogP contribution in [0, 0.1) is 6.92 Å². The standard InChI is InChI=1S/C10H12N3O/c1-9(12-13-11)7-14-8-10-5-3-2-4-6-10/h2-6,9H,1,7-8H2/t9-/m0/s1. The van der Waals surface area contributed by atoms with Gasteiger partial charge in [-0.1, -0.05) is 35.4 Å². The van der Waals surface area contributed by atoms with Crippen molar-refractivity contribution >= 4 is 0 Å². The van der Waals surface area contributed by atoms with Crippen LogP contribution in [-0.4, -0.2) is 12.6 Å². The van der Waals surface area contributed by atoms with Crippen LogP contribution in [0.2, 0.25) is 0 Å². The third-order valence-corrected chi connectivity index (χ3v) is 1.64. The summed E-state index contributed by atoms with van der Waals surface area (Å²) in [6.07, 6.45) is 0. The lowest BCUT2D eigenvalue weighted by molar-refractivity contribution is 0.116. The molecule has 0 aliphatic rings. The predicted octanol–water partition coefficient (Wildman–Crippen LogP) is 2.72. The van der Waals surface area contributed by atoms with Crippen LogP contribution in [0.3, 0.4) is 0 Å². The zero-order chi connectivity index (χ0) is 10.2. The van der Waals surface area contributed by atoms with Gasteiger partial charge < -0.3 is 4.74 Å². The molecule has 0 N–H and O–H groups in total. The van der Waals surface area contributed by atoms with Crippen LogP contribution in [-0.2, 0) is 11.3 Å². The largest absolute Gasteiger partial charge is 0.376 e. The molecular formula is C10H12N3O. The molecule has 0 aromatic heterocycles. The van der Waals surface area contributed by atoms with Crippen molar-refractivity contribution in [1.82, 2.24) is 0 Å². The molecule has 73 valence electrons. The van der Waals surface area contributed by atoms with Gasteiger partial charge in [0.05, 0.1) is 19.3 Å². The summed E-state index contributed by atoms with van der Waals surface area (Å²) in [6.45, 7) is 4.48. The van der Waals surface area contributed by atoms with E-state index in [0.29, 0.717) is 13.2 Å². The maximum absolute atomic E-state index is 8.12. The molecule has 4 heteroatoms. The first kappa shape index (κ1) is 10.6. The van der Waals surface area contributed by atoms with Gasteiger partial charge in [0.1, 0.15) is 0 Å². The Labute approximate surface area is 83.1 Å². The Balaban J connectivity index is 2.25. The lowest BCUT2D eigenvalue weighted by atomic mass is 10.2. The molecule has 1 aromatic rings. The average Bonchev–Trinajstić information content (AvgIpc) is 2.20. The topological polar surface area (TPSA) is 58.0 Å². The Morgan fingerprint density at radius 1 is 1.43 bits per heavy atom. The van der Waals surface area contributed by atoms with Gasteiger partial charge in [0.15, 0.2) is 0 Å². The summed E-state index contributed by atoms with van der Waals surface area (Å²) in [4.78, 5) is 2.64. The number of ether oxygens (including phenoxy) is 1. The second kappa shape index (κ2) is 6.02. The van der Waals surface area contributed by atoms with Gasteiger partial charge in [0.25, 0.3) is 0 Å². The second-order valence-electron chi connectivity index (χ2n) is 2.86. The Hall–Kier alpha value is -1.51. The lowest BCUT2D eigenvalue weighted by Crippen LogP contribution is -2.08. The summed E-state index contributed by atoms with van der Waals surface area (Å²) in [7, 11) is 0. The number of hydrogen-bond acceptors (Lipinski definition) is 2.